The molecule has 0 saturated heterocycles. The smallest absolute Gasteiger partial charge is 0.262 e. The van der Waals surface area contributed by atoms with Crippen LogP contribution < -0.4 is 9.47 Å². The molecule has 0 aliphatic rings. The van der Waals surface area contributed by atoms with E-state index in [0.29, 0.717) is 22.8 Å². The largest absolute Gasteiger partial charge is 0.493 e. The second kappa shape index (κ2) is 9.39. The first-order valence-electron chi connectivity index (χ1n) is 9.48. The lowest BCUT2D eigenvalue weighted by molar-refractivity contribution is -0.0127. The molecule has 3 aromatic rings. The fraction of sp³-hybridized carbons (Fsp3) is 0.208. The molecule has 0 N–H and O–H groups in total. The van der Waals surface area contributed by atoms with Gasteiger partial charge in [0, 0.05) is 19.0 Å². The number of carbonyl (C=O) groups excluding carboxylic acids is 1. The minimum Gasteiger partial charge on any atom is -0.493 e. The van der Waals surface area contributed by atoms with Crippen molar-refractivity contribution in [3.63, 3.8) is 0 Å². The van der Waals surface area contributed by atoms with Crippen molar-refractivity contribution in [1.82, 2.24) is 4.90 Å². The van der Waals surface area contributed by atoms with E-state index in [9.17, 15) is 13.6 Å². The molecule has 30 heavy (non-hydrogen) atoms. The van der Waals surface area contributed by atoms with Gasteiger partial charge in [-0.2, -0.15) is 0 Å². The molecule has 0 heterocycles. The molecule has 0 aliphatic heterocycles. The van der Waals surface area contributed by atoms with Crippen LogP contribution in [0.4, 0.5) is 8.78 Å². The quantitative estimate of drug-likeness (QED) is 0.471. The van der Waals surface area contributed by atoms with Crippen molar-refractivity contribution in [1.29, 1.82) is 0 Å². The Balaban J connectivity index is 1.77. The van der Waals surface area contributed by atoms with Crippen LogP contribution in [0.3, 0.4) is 0 Å². The Bertz CT molecular complexity index is 970. The van der Waals surface area contributed by atoms with Crippen molar-refractivity contribution in [2.24, 2.45) is 0 Å². The first-order valence-corrected chi connectivity index (χ1v) is 9.48. The summed E-state index contributed by atoms with van der Waals surface area (Å²) in [6.45, 7) is 0.241. The molecule has 0 aliphatic carbocycles. The molecule has 6 heteroatoms. The molecule has 0 saturated carbocycles. The molecule has 3 rings (SSSR count). The number of carbonyl (C=O) groups is 1. The lowest BCUT2D eigenvalue weighted by Gasteiger charge is -2.26. The molecule has 4 nitrogen and oxygen atoms in total. The van der Waals surface area contributed by atoms with Crippen molar-refractivity contribution in [2.45, 2.75) is 19.4 Å². The maximum absolute atomic E-state index is 13.7. The van der Waals surface area contributed by atoms with Gasteiger partial charge in [-0.05, 0) is 42.0 Å². The number of halogens is 2. The van der Waals surface area contributed by atoms with E-state index in [1.54, 1.807) is 55.6 Å². The number of ether oxygens (including phenoxy) is 2. The first-order chi connectivity index (χ1) is 14.4. The second-order valence-corrected chi connectivity index (χ2v) is 6.99. The van der Waals surface area contributed by atoms with E-state index in [-0.39, 0.29) is 6.54 Å². The molecule has 0 unspecified atom stereocenters. The van der Waals surface area contributed by atoms with E-state index in [4.69, 9.17) is 9.47 Å². The van der Waals surface area contributed by atoms with Crippen molar-refractivity contribution >= 4 is 5.91 Å². The zero-order valence-electron chi connectivity index (χ0n) is 16.8. The summed E-state index contributed by atoms with van der Waals surface area (Å²) in [6.07, 6.45) is 0. The van der Waals surface area contributed by atoms with E-state index in [2.05, 4.69) is 0 Å². The maximum atomic E-state index is 13.7. The van der Waals surface area contributed by atoms with Crippen LogP contribution in [0, 0.1) is 0 Å². The monoisotopic (exact) mass is 411 g/mol. The molecule has 0 radical (unpaired) electrons. The van der Waals surface area contributed by atoms with E-state index in [1.807, 2.05) is 30.3 Å². The number of nitrogens with zero attached hydrogens (tertiary/aromatic N) is 1. The van der Waals surface area contributed by atoms with Gasteiger partial charge in [0.1, 0.15) is 5.75 Å². The lowest BCUT2D eigenvalue weighted by atomic mass is 10.1. The summed E-state index contributed by atoms with van der Waals surface area (Å²) < 4.78 is 38.5. The van der Waals surface area contributed by atoms with E-state index >= 15 is 0 Å². The van der Waals surface area contributed by atoms with E-state index in [1.165, 1.54) is 0 Å². The summed E-state index contributed by atoms with van der Waals surface area (Å²) >= 11 is 0. The minimum atomic E-state index is -3.00. The van der Waals surface area contributed by atoms with Crippen LogP contribution in [0.15, 0.2) is 78.9 Å². The molecule has 0 fully saturated rings. The molecule has 156 valence electrons. The fourth-order valence-corrected chi connectivity index (χ4v) is 3.02. The average Bonchev–Trinajstić information content (AvgIpc) is 2.73. The highest BCUT2D eigenvalue weighted by Gasteiger charge is 2.29. The second-order valence-electron chi connectivity index (χ2n) is 6.99. The van der Waals surface area contributed by atoms with Gasteiger partial charge in [0.25, 0.3) is 11.8 Å². The molecule has 0 atom stereocenters. The van der Waals surface area contributed by atoms with Crippen molar-refractivity contribution in [3.8, 4) is 17.2 Å². The first kappa shape index (κ1) is 21.3. The standard InChI is InChI=1S/C24H23F2NO3/c1-24(25,26)17-27(16-18-8-4-3-5-9-18)23(28)19-12-14-20(15-13-19)30-22-11-7-6-10-21(22)29-2/h3-15H,16-17H2,1-2H3. The van der Waals surface area contributed by atoms with Gasteiger partial charge in [0.15, 0.2) is 11.5 Å². The minimum absolute atomic E-state index is 0.0998. The summed E-state index contributed by atoms with van der Waals surface area (Å²) in [6, 6.07) is 22.7. The molecule has 1 amide bonds. The van der Waals surface area contributed by atoms with Crippen LogP contribution in [-0.4, -0.2) is 30.4 Å². The van der Waals surface area contributed by atoms with Crippen LogP contribution >= 0.6 is 0 Å². The van der Waals surface area contributed by atoms with Gasteiger partial charge in [-0.15, -0.1) is 0 Å². The van der Waals surface area contributed by atoms with Gasteiger partial charge in [0.2, 0.25) is 0 Å². The van der Waals surface area contributed by atoms with Crippen LogP contribution in [0.25, 0.3) is 0 Å². The number of alkyl halides is 2. The zero-order valence-corrected chi connectivity index (χ0v) is 16.8. The molecule has 0 bridgehead atoms. The van der Waals surface area contributed by atoms with Crippen LogP contribution in [-0.2, 0) is 6.54 Å². The number of rotatable bonds is 8. The highest BCUT2D eigenvalue weighted by molar-refractivity contribution is 5.94. The van der Waals surface area contributed by atoms with E-state index < -0.39 is 18.4 Å². The van der Waals surface area contributed by atoms with Gasteiger partial charge in [-0.1, -0.05) is 42.5 Å². The topological polar surface area (TPSA) is 38.8 Å². The number of benzene rings is 3. The highest BCUT2D eigenvalue weighted by atomic mass is 19.3. The fourth-order valence-electron chi connectivity index (χ4n) is 3.02. The molecule has 3 aromatic carbocycles. The maximum Gasteiger partial charge on any atom is 0.262 e. The summed E-state index contributed by atoms with van der Waals surface area (Å²) in [7, 11) is 1.55. The number of hydrogen-bond donors (Lipinski definition) is 0. The molecular formula is C24H23F2NO3. The predicted octanol–water partition coefficient (Wildman–Crippen LogP) is 5.79. The Labute approximate surface area is 174 Å². The van der Waals surface area contributed by atoms with Gasteiger partial charge >= 0.3 is 0 Å². The van der Waals surface area contributed by atoms with Crippen molar-refractivity contribution < 1.29 is 23.0 Å². The molecular weight excluding hydrogens is 388 g/mol. The summed E-state index contributed by atoms with van der Waals surface area (Å²) in [5.74, 6) is -1.85. The average molecular weight is 411 g/mol. The van der Waals surface area contributed by atoms with Crippen LogP contribution in [0.1, 0.15) is 22.8 Å². The number of para-hydroxylation sites is 2. The third-order valence-corrected chi connectivity index (χ3v) is 4.37. The Hall–Kier alpha value is -3.41. The SMILES string of the molecule is COc1ccccc1Oc1ccc(C(=O)N(Cc2ccccc2)CC(C)(F)F)cc1. The van der Waals surface area contributed by atoms with Crippen molar-refractivity contribution in [3.05, 3.63) is 90.0 Å². The van der Waals surface area contributed by atoms with Gasteiger partial charge in [0.05, 0.1) is 13.7 Å². The number of hydrogen-bond acceptors (Lipinski definition) is 3. The Morgan fingerprint density at radius 2 is 1.50 bits per heavy atom. The van der Waals surface area contributed by atoms with Gasteiger partial charge in [-0.25, -0.2) is 8.78 Å². The third-order valence-electron chi connectivity index (χ3n) is 4.37. The van der Waals surface area contributed by atoms with Gasteiger partial charge < -0.3 is 14.4 Å². The summed E-state index contributed by atoms with van der Waals surface area (Å²) in [5, 5.41) is 0. The molecule has 0 spiro atoms. The lowest BCUT2D eigenvalue weighted by Crippen LogP contribution is -2.39. The molecule has 0 aromatic heterocycles. The Morgan fingerprint density at radius 3 is 2.10 bits per heavy atom. The Morgan fingerprint density at radius 1 is 0.900 bits per heavy atom. The van der Waals surface area contributed by atoms with Crippen molar-refractivity contribution in [2.75, 3.05) is 13.7 Å². The Kier molecular flexibility index (Phi) is 6.67. The van der Waals surface area contributed by atoms with Crippen LogP contribution in [0.5, 0.6) is 17.2 Å². The van der Waals surface area contributed by atoms with Gasteiger partial charge in [-0.3, -0.25) is 4.79 Å². The normalized spacial score (nSPS) is 11.1. The predicted molar refractivity (Wildman–Crippen MR) is 111 cm³/mol. The number of amides is 1. The zero-order chi connectivity index (χ0) is 21.6. The van der Waals surface area contributed by atoms with E-state index in [0.717, 1.165) is 17.4 Å². The summed E-state index contributed by atoms with van der Waals surface area (Å²) in [5.41, 5.74) is 1.09. The van der Waals surface area contributed by atoms with Crippen LogP contribution in [0.2, 0.25) is 0 Å². The summed E-state index contributed by atoms with van der Waals surface area (Å²) in [4.78, 5) is 14.1. The number of methoxy groups -OCH3 is 1. The third kappa shape index (κ3) is 5.80. The highest BCUT2D eigenvalue weighted by Crippen LogP contribution is 2.31.